The molecule has 0 saturated carbocycles. The molecular weight excluding hydrogens is 166 g/mol. The molecule has 0 unspecified atom stereocenters. The third kappa shape index (κ3) is 1.49. The third-order valence-electron chi connectivity index (χ3n) is 1.86. The van der Waals surface area contributed by atoms with Crippen molar-refractivity contribution in [2.45, 2.75) is 13.3 Å². The van der Waals surface area contributed by atoms with E-state index in [0.717, 1.165) is 6.42 Å². The second kappa shape index (κ2) is 3.09. The summed E-state index contributed by atoms with van der Waals surface area (Å²) in [6, 6.07) is 6.29. The third-order valence-corrected chi connectivity index (χ3v) is 1.86. The summed E-state index contributed by atoms with van der Waals surface area (Å²) >= 11 is 0. The molecule has 1 N–H and O–H groups in total. The van der Waals surface area contributed by atoms with Gasteiger partial charge in [-0.2, -0.15) is 0 Å². The molecule has 1 aromatic carbocycles. The van der Waals surface area contributed by atoms with Crippen molar-refractivity contribution in [3.05, 3.63) is 23.8 Å². The Labute approximate surface area is 76.7 Å². The topological polar surface area (TPSA) is 41.6 Å². The van der Waals surface area contributed by atoms with Crippen molar-refractivity contribution >= 4 is 5.91 Å². The molecule has 1 aliphatic rings. The fourth-order valence-electron chi connectivity index (χ4n) is 1.14. The van der Waals surface area contributed by atoms with Gasteiger partial charge < -0.3 is 10.1 Å². The molecule has 3 heteroatoms. The molecule has 0 aliphatic carbocycles. The highest BCUT2D eigenvalue weighted by Crippen LogP contribution is 2.47. The minimum absolute atomic E-state index is 0.0652. The van der Waals surface area contributed by atoms with Gasteiger partial charge in [0, 0.05) is 12.6 Å². The Morgan fingerprint density at radius 3 is 3.31 bits per heavy atom. The van der Waals surface area contributed by atoms with Gasteiger partial charge in [0.25, 0.3) is 5.91 Å². The fraction of sp³-hybridized carbons (Fsp3) is 0.300. The lowest BCUT2D eigenvalue weighted by atomic mass is 10.2. The summed E-state index contributed by atoms with van der Waals surface area (Å²) in [5.74, 6) is 1.31. The maximum absolute atomic E-state index is 11.5. The SMILES string of the molecule is CCCNC(=O)c1cc[c]c2c1O2. The van der Waals surface area contributed by atoms with E-state index in [0.29, 0.717) is 23.6 Å². The Morgan fingerprint density at radius 2 is 2.54 bits per heavy atom. The van der Waals surface area contributed by atoms with Gasteiger partial charge >= 0.3 is 0 Å². The first kappa shape index (κ1) is 8.10. The smallest absolute Gasteiger partial charge is 0.255 e. The Hall–Kier alpha value is -1.51. The van der Waals surface area contributed by atoms with Crippen LogP contribution in [0.25, 0.3) is 0 Å². The molecule has 0 fully saturated rings. The van der Waals surface area contributed by atoms with E-state index >= 15 is 0 Å². The van der Waals surface area contributed by atoms with Crippen LogP contribution in [-0.2, 0) is 0 Å². The largest absolute Gasteiger partial charge is 0.448 e. The molecule has 0 spiro atoms. The Bertz CT molecular complexity index is 347. The van der Waals surface area contributed by atoms with Gasteiger partial charge in [0.1, 0.15) is 0 Å². The molecule has 13 heavy (non-hydrogen) atoms. The van der Waals surface area contributed by atoms with Gasteiger partial charge in [0.2, 0.25) is 0 Å². The van der Waals surface area contributed by atoms with Gasteiger partial charge in [-0.1, -0.05) is 6.92 Å². The van der Waals surface area contributed by atoms with Crippen LogP contribution in [0.1, 0.15) is 23.7 Å². The summed E-state index contributed by atoms with van der Waals surface area (Å²) in [6.07, 6.45) is 0.938. The van der Waals surface area contributed by atoms with E-state index in [1.54, 1.807) is 12.1 Å². The minimum atomic E-state index is -0.0652. The van der Waals surface area contributed by atoms with Gasteiger partial charge in [-0.05, 0) is 18.6 Å². The van der Waals surface area contributed by atoms with Gasteiger partial charge in [0.15, 0.2) is 11.5 Å². The number of carbonyl (C=O) groups excluding carboxylic acids is 1. The molecule has 1 amide bonds. The number of hydrogen-bond acceptors (Lipinski definition) is 2. The summed E-state index contributed by atoms with van der Waals surface area (Å²) in [5, 5.41) is 2.79. The number of amides is 1. The summed E-state index contributed by atoms with van der Waals surface area (Å²) < 4.78 is 5.05. The number of fused-ring (bicyclic) bond motifs is 1. The molecule has 1 aliphatic heterocycles. The number of rotatable bonds is 3. The normalized spacial score (nSPS) is 11.5. The average Bonchev–Trinajstić information content (AvgIpc) is 2.92. The number of benzene rings is 1. The number of ether oxygens (including phenoxy) is 1. The van der Waals surface area contributed by atoms with E-state index in [9.17, 15) is 4.79 Å². The van der Waals surface area contributed by atoms with Crippen LogP contribution in [0.15, 0.2) is 12.1 Å². The van der Waals surface area contributed by atoms with Crippen LogP contribution in [0.4, 0.5) is 0 Å². The molecule has 0 bridgehead atoms. The second-order valence-corrected chi connectivity index (χ2v) is 2.91. The molecule has 0 saturated heterocycles. The van der Waals surface area contributed by atoms with Crippen LogP contribution in [0.2, 0.25) is 0 Å². The quantitative estimate of drug-likeness (QED) is 0.723. The summed E-state index contributed by atoms with van der Waals surface area (Å²) in [4.78, 5) is 11.5. The summed E-state index contributed by atoms with van der Waals surface area (Å²) in [5.41, 5.74) is 0.613. The molecule has 2 rings (SSSR count). The van der Waals surface area contributed by atoms with Gasteiger partial charge in [0.05, 0.1) is 5.56 Å². The van der Waals surface area contributed by atoms with E-state index in [4.69, 9.17) is 4.74 Å². The van der Waals surface area contributed by atoms with Gasteiger partial charge in [-0.25, -0.2) is 0 Å². The van der Waals surface area contributed by atoms with E-state index in [1.165, 1.54) is 0 Å². The molecule has 3 nitrogen and oxygen atoms in total. The van der Waals surface area contributed by atoms with Crippen molar-refractivity contribution in [1.29, 1.82) is 0 Å². The van der Waals surface area contributed by atoms with E-state index < -0.39 is 0 Å². The second-order valence-electron chi connectivity index (χ2n) is 2.91. The lowest BCUT2D eigenvalue weighted by Crippen LogP contribution is -2.23. The Morgan fingerprint density at radius 1 is 1.69 bits per heavy atom. The fourth-order valence-corrected chi connectivity index (χ4v) is 1.14. The molecule has 1 radical (unpaired) electrons. The first-order valence-corrected chi connectivity index (χ1v) is 4.33. The molecule has 0 aromatic heterocycles. The first-order chi connectivity index (χ1) is 6.33. The lowest BCUT2D eigenvalue weighted by molar-refractivity contribution is 0.0953. The molecule has 1 heterocycles. The molecule has 1 aromatic rings. The molecule has 0 atom stereocenters. The van der Waals surface area contributed by atoms with E-state index in [1.807, 2.05) is 6.92 Å². The number of nitrogens with one attached hydrogen (secondary N) is 1. The zero-order valence-electron chi connectivity index (χ0n) is 7.39. The first-order valence-electron chi connectivity index (χ1n) is 4.33. The predicted molar refractivity (Wildman–Crippen MR) is 48.0 cm³/mol. The van der Waals surface area contributed by atoms with Crippen LogP contribution in [0.3, 0.4) is 0 Å². The van der Waals surface area contributed by atoms with Crippen LogP contribution in [0, 0.1) is 6.07 Å². The van der Waals surface area contributed by atoms with E-state index in [-0.39, 0.29) is 5.91 Å². The van der Waals surface area contributed by atoms with Crippen molar-refractivity contribution in [3.63, 3.8) is 0 Å². The average molecular weight is 176 g/mol. The van der Waals surface area contributed by atoms with Crippen LogP contribution < -0.4 is 10.1 Å². The zero-order chi connectivity index (χ0) is 9.26. The van der Waals surface area contributed by atoms with Crippen molar-refractivity contribution < 1.29 is 9.53 Å². The summed E-state index contributed by atoms with van der Waals surface area (Å²) in [7, 11) is 0. The Balaban J connectivity index is 2.10. The highest BCUT2D eigenvalue weighted by molar-refractivity contribution is 5.99. The van der Waals surface area contributed by atoms with Crippen molar-refractivity contribution in [1.82, 2.24) is 5.32 Å². The lowest BCUT2D eigenvalue weighted by Gasteiger charge is -2.00. The van der Waals surface area contributed by atoms with Gasteiger partial charge in [-0.15, -0.1) is 0 Å². The standard InChI is InChI=1S/C10H10NO2/c1-2-6-11-10(12)7-4-3-5-8-9(7)13-8/h3-4H,2,6H2,1H3,(H,11,12). The Kier molecular flexibility index (Phi) is 1.93. The summed E-state index contributed by atoms with van der Waals surface area (Å²) in [6.45, 7) is 2.72. The van der Waals surface area contributed by atoms with Crippen LogP contribution in [0.5, 0.6) is 11.5 Å². The van der Waals surface area contributed by atoms with Crippen molar-refractivity contribution in [2.75, 3.05) is 6.54 Å². The molecular formula is C10H10NO2. The van der Waals surface area contributed by atoms with Crippen LogP contribution in [-0.4, -0.2) is 12.5 Å². The van der Waals surface area contributed by atoms with E-state index in [2.05, 4.69) is 11.4 Å². The van der Waals surface area contributed by atoms with Crippen molar-refractivity contribution in [2.24, 2.45) is 0 Å². The highest BCUT2D eigenvalue weighted by atomic mass is 16.6. The van der Waals surface area contributed by atoms with Crippen molar-refractivity contribution in [3.8, 4) is 11.5 Å². The van der Waals surface area contributed by atoms with Crippen LogP contribution >= 0.6 is 0 Å². The highest BCUT2D eigenvalue weighted by Gasteiger charge is 2.27. The maximum Gasteiger partial charge on any atom is 0.255 e. The molecule has 67 valence electrons. The maximum atomic E-state index is 11.5. The zero-order valence-corrected chi connectivity index (χ0v) is 7.39. The van der Waals surface area contributed by atoms with Gasteiger partial charge in [-0.3, -0.25) is 4.79 Å². The monoisotopic (exact) mass is 176 g/mol. The number of carbonyl (C=O) groups is 1. The predicted octanol–water partition coefficient (Wildman–Crippen LogP) is 1.73. The minimum Gasteiger partial charge on any atom is -0.448 e. The number of hydrogen-bond donors (Lipinski definition) is 1.